The Balaban J connectivity index is 2.34. The zero-order chi connectivity index (χ0) is 14.1. The van der Waals surface area contributed by atoms with E-state index in [-0.39, 0.29) is 0 Å². The fourth-order valence-corrected chi connectivity index (χ4v) is 3.33. The summed E-state index contributed by atoms with van der Waals surface area (Å²) in [4.78, 5) is 0. The van der Waals surface area contributed by atoms with E-state index in [9.17, 15) is 0 Å². The van der Waals surface area contributed by atoms with Gasteiger partial charge in [-0.05, 0) is 33.2 Å². The van der Waals surface area contributed by atoms with Gasteiger partial charge in [-0.2, -0.15) is 0 Å². The molecule has 0 heterocycles. The van der Waals surface area contributed by atoms with Crippen LogP contribution in [0.5, 0.6) is 0 Å². The van der Waals surface area contributed by atoms with Crippen LogP contribution in [0.15, 0.2) is 48.5 Å². The smallest absolute Gasteiger partial charge is 0.0675 e. The second-order valence-corrected chi connectivity index (χ2v) is 5.61. The van der Waals surface area contributed by atoms with Crippen LogP contribution >= 0.6 is 0 Å². The zero-order valence-electron chi connectivity index (χ0n) is 10.9. The summed E-state index contributed by atoms with van der Waals surface area (Å²) >= 11 is 0. The van der Waals surface area contributed by atoms with Crippen molar-refractivity contribution in [3.05, 3.63) is 59.7 Å². The molecule has 0 amide bonds. The van der Waals surface area contributed by atoms with E-state index in [0.717, 1.165) is 32.7 Å². The normalized spacial score (nSPS) is 18.6. The van der Waals surface area contributed by atoms with Crippen molar-refractivity contribution in [3.63, 3.8) is 0 Å². The third kappa shape index (κ3) is 1.23. The summed E-state index contributed by atoms with van der Waals surface area (Å²) in [6, 6.07) is 16.0. The summed E-state index contributed by atoms with van der Waals surface area (Å²) in [7, 11) is 25.3. The molecule has 0 saturated heterocycles. The van der Waals surface area contributed by atoms with Crippen molar-refractivity contribution >= 4 is 52.9 Å². The molecule has 1 aliphatic carbocycles. The molecular formula is C16H8B4. The number of rotatable bonds is 0. The fraction of sp³-hybridized carbons (Fsp3) is 0.125. The molecule has 0 atom stereocenters. The van der Waals surface area contributed by atoms with E-state index in [1.165, 1.54) is 0 Å². The Morgan fingerprint density at radius 1 is 0.700 bits per heavy atom. The number of fused-ring (bicyclic) bond motifs is 2. The van der Waals surface area contributed by atoms with Crippen molar-refractivity contribution in [1.29, 1.82) is 0 Å². The third-order valence-electron chi connectivity index (χ3n) is 4.43. The molecule has 0 unspecified atom stereocenters. The SMILES string of the molecule is [B]C1([B])c2cccc3cc4ccccc4c(c23)C1([B])[B]. The first-order valence-electron chi connectivity index (χ1n) is 6.55. The summed E-state index contributed by atoms with van der Waals surface area (Å²) in [5.74, 6) is 0. The average Bonchev–Trinajstić information content (AvgIpc) is 2.58. The first-order valence-corrected chi connectivity index (χ1v) is 6.55. The first kappa shape index (κ1) is 12.2. The average molecular weight is 243 g/mol. The van der Waals surface area contributed by atoms with Crippen LogP contribution in [-0.4, -0.2) is 31.4 Å². The fourth-order valence-electron chi connectivity index (χ4n) is 3.33. The van der Waals surface area contributed by atoms with E-state index >= 15 is 0 Å². The molecule has 0 spiro atoms. The standard InChI is InChI=1S/C16H8B4/c17-15(18)12-7-3-5-10-8-9-4-1-2-6-11(9)14(13(10)12)16(15,19)20/h1-8H. The minimum Gasteiger partial charge on any atom is -0.0804 e. The van der Waals surface area contributed by atoms with Crippen molar-refractivity contribution in [1.82, 2.24) is 0 Å². The molecule has 8 radical (unpaired) electrons. The number of hydrogen-bond acceptors (Lipinski definition) is 0. The topological polar surface area (TPSA) is 0 Å². The van der Waals surface area contributed by atoms with Gasteiger partial charge in [-0.3, -0.25) is 0 Å². The Kier molecular flexibility index (Phi) is 2.17. The van der Waals surface area contributed by atoms with Gasteiger partial charge < -0.3 is 0 Å². The predicted octanol–water partition coefficient (Wildman–Crippen LogP) is 1.99. The molecule has 0 nitrogen and oxygen atoms in total. The highest BCUT2D eigenvalue weighted by Crippen LogP contribution is 2.50. The van der Waals surface area contributed by atoms with Gasteiger partial charge in [-0.1, -0.05) is 58.5 Å². The maximum Gasteiger partial charge on any atom is 0.0675 e. The lowest BCUT2D eigenvalue weighted by Gasteiger charge is -2.40. The monoisotopic (exact) mass is 244 g/mol. The van der Waals surface area contributed by atoms with E-state index in [2.05, 4.69) is 6.07 Å². The molecule has 0 bridgehead atoms. The lowest BCUT2D eigenvalue weighted by molar-refractivity contribution is 0.773. The lowest BCUT2D eigenvalue weighted by atomic mass is 9.29. The van der Waals surface area contributed by atoms with Crippen LogP contribution in [0.4, 0.5) is 0 Å². The number of hydrogen-bond donors (Lipinski definition) is 0. The molecule has 0 N–H and O–H groups in total. The summed E-state index contributed by atoms with van der Waals surface area (Å²) in [6.07, 6.45) is 0. The predicted molar refractivity (Wildman–Crippen MR) is 87.8 cm³/mol. The molecule has 4 heteroatoms. The van der Waals surface area contributed by atoms with E-state index in [4.69, 9.17) is 31.4 Å². The van der Waals surface area contributed by atoms with E-state index in [1.807, 2.05) is 42.5 Å². The van der Waals surface area contributed by atoms with Crippen LogP contribution in [0.2, 0.25) is 0 Å². The highest BCUT2D eigenvalue weighted by Gasteiger charge is 2.45. The number of benzene rings is 3. The molecule has 1 aliphatic rings. The molecule has 20 heavy (non-hydrogen) atoms. The van der Waals surface area contributed by atoms with Crippen LogP contribution in [0.1, 0.15) is 11.1 Å². The van der Waals surface area contributed by atoms with Gasteiger partial charge in [-0.15, -0.1) is 0 Å². The minimum absolute atomic E-state index is 0.806. The largest absolute Gasteiger partial charge is 0.0804 e. The van der Waals surface area contributed by atoms with Crippen LogP contribution in [-0.2, 0) is 10.4 Å². The van der Waals surface area contributed by atoms with Crippen LogP contribution < -0.4 is 0 Å². The van der Waals surface area contributed by atoms with Gasteiger partial charge >= 0.3 is 0 Å². The molecular weight excluding hydrogens is 235 g/mol. The van der Waals surface area contributed by atoms with Gasteiger partial charge in [0.15, 0.2) is 0 Å². The van der Waals surface area contributed by atoms with Gasteiger partial charge in [0, 0.05) is 0 Å². The van der Waals surface area contributed by atoms with Crippen LogP contribution in [0.25, 0.3) is 21.5 Å². The highest BCUT2D eigenvalue weighted by atomic mass is 14.4. The van der Waals surface area contributed by atoms with Gasteiger partial charge in [0.2, 0.25) is 0 Å². The quantitative estimate of drug-likeness (QED) is 0.418. The molecule has 3 aromatic rings. The maximum atomic E-state index is 6.36. The third-order valence-corrected chi connectivity index (χ3v) is 4.43. The van der Waals surface area contributed by atoms with Gasteiger partial charge in [0.05, 0.1) is 31.4 Å². The Labute approximate surface area is 123 Å². The molecule has 0 fully saturated rings. The highest BCUT2D eigenvalue weighted by molar-refractivity contribution is 6.57. The molecule has 3 aromatic carbocycles. The molecule has 0 saturated carbocycles. The van der Waals surface area contributed by atoms with E-state index in [0.29, 0.717) is 0 Å². The van der Waals surface area contributed by atoms with Gasteiger partial charge in [0.25, 0.3) is 0 Å². The Hall–Kier alpha value is -1.56. The van der Waals surface area contributed by atoms with Crippen molar-refractivity contribution in [2.45, 2.75) is 10.4 Å². The van der Waals surface area contributed by atoms with E-state index < -0.39 is 10.4 Å². The van der Waals surface area contributed by atoms with Crippen LogP contribution in [0.3, 0.4) is 0 Å². The van der Waals surface area contributed by atoms with Crippen molar-refractivity contribution in [2.24, 2.45) is 0 Å². The van der Waals surface area contributed by atoms with E-state index in [1.54, 1.807) is 0 Å². The Morgan fingerprint density at radius 3 is 2.20 bits per heavy atom. The van der Waals surface area contributed by atoms with Gasteiger partial charge in [0.1, 0.15) is 0 Å². The second kappa shape index (κ2) is 3.55. The summed E-state index contributed by atoms with van der Waals surface area (Å²) in [5, 5.41) is 1.57. The summed E-state index contributed by atoms with van der Waals surface area (Å²) in [5.41, 5.74) is 1.65. The molecule has 0 aromatic heterocycles. The summed E-state index contributed by atoms with van der Waals surface area (Å²) < 4.78 is 0. The van der Waals surface area contributed by atoms with Crippen molar-refractivity contribution < 1.29 is 0 Å². The Morgan fingerprint density at radius 2 is 1.40 bits per heavy atom. The Bertz CT molecular complexity index is 865. The molecule has 84 valence electrons. The van der Waals surface area contributed by atoms with Crippen molar-refractivity contribution in [2.75, 3.05) is 0 Å². The minimum atomic E-state index is -1.30. The second-order valence-electron chi connectivity index (χ2n) is 5.61. The maximum absolute atomic E-state index is 6.36. The molecule has 0 aliphatic heterocycles. The lowest BCUT2D eigenvalue weighted by Crippen LogP contribution is -2.48. The first-order chi connectivity index (χ1) is 9.44. The summed E-state index contributed by atoms with van der Waals surface area (Å²) in [6.45, 7) is 0. The molecule has 4 rings (SSSR count). The van der Waals surface area contributed by atoms with Gasteiger partial charge in [-0.25, -0.2) is 0 Å². The van der Waals surface area contributed by atoms with Crippen LogP contribution in [0, 0.1) is 0 Å². The zero-order valence-corrected chi connectivity index (χ0v) is 10.9. The van der Waals surface area contributed by atoms with Crippen molar-refractivity contribution in [3.8, 4) is 0 Å².